The number of amides is 1. The molecule has 2 aliphatic heterocycles. The summed E-state index contributed by atoms with van der Waals surface area (Å²) in [6.45, 7) is 2.64. The van der Waals surface area contributed by atoms with Crippen LogP contribution >= 0.6 is 0 Å². The van der Waals surface area contributed by atoms with Gasteiger partial charge in [0.25, 0.3) is 5.91 Å². The van der Waals surface area contributed by atoms with Gasteiger partial charge in [0.1, 0.15) is 5.82 Å². The maximum atomic E-state index is 13.4. The van der Waals surface area contributed by atoms with E-state index in [4.69, 9.17) is 4.74 Å². The SMILES string of the molecule is O=C(NCC1(c2ccc(F)cc2)CCOCC1)c1ccc(S(=O)(=O)N2CCCC2)cc1. The minimum Gasteiger partial charge on any atom is -0.381 e. The lowest BCUT2D eigenvalue weighted by molar-refractivity contribution is 0.0487. The van der Waals surface area contributed by atoms with Crippen LogP contribution in [-0.2, 0) is 20.2 Å². The number of nitrogens with one attached hydrogen (secondary N) is 1. The van der Waals surface area contributed by atoms with E-state index in [0.717, 1.165) is 31.2 Å². The highest BCUT2D eigenvalue weighted by Crippen LogP contribution is 2.34. The zero-order valence-corrected chi connectivity index (χ0v) is 18.2. The Morgan fingerprint density at radius 1 is 1.00 bits per heavy atom. The molecule has 166 valence electrons. The van der Waals surface area contributed by atoms with Gasteiger partial charge >= 0.3 is 0 Å². The number of nitrogens with zero attached hydrogens (tertiary/aromatic N) is 1. The number of rotatable bonds is 6. The van der Waals surface area contributed by atoms with Gasteiger partial charge in [-0.3, -0.25) is 4.79 Å². The third kappa shape index (κ3) is 4.66. The summed E-state index contributed by atoms with van der Waals surface area (Å²) in [5, 5.41) is 2.99. The lowest BCUT2D eigenvalue weighted by Crippen LogP contribution is -2.44. The second-order valence-corrected chi connectivity index (χ2v) is 10.2. The molecule has 4 rings (SSSR count). The summed E-state index contributed by atoms with van der Waals surface area (Å²) in [7, 11) is -3.50. The molecule has 0 unspecified atom stereocenters. The van der Waals surface area contributed by atoms with Crippen LogP contribution in [0.2, 0.25) is 0 Å². The van der Waals surface area contributed by atoms with Crippen LogP contribution in [-0.4, -0.2) is 51.5 Å². The fourth-order valence-corrected chi connectivity index (χ4v) is 5.86. The molecule has 0 aliphatic carbocycles. The quantitative estimate of drug-likeness (QED) is 0.740. The molecule has 2 aromatic carbocycles. The van der Waals surface area contributed by atoms with Gasteiger partial charge in [-0.2, -0.15) is 4.31 Å². The van der Waals surface area contributed by atoms with Crippen molar-refractivity contribution in [2.24, 2.45) is 0 Å². The summed E-state index contributed by atoms with van der Waals surface area (Å²) in [6, 6.07) is 12.5. The Balaban J connectivity index is 1.46. The molecular weight excluding hydrogens is 419 g/mol. The summed E-state index contributed by atoms with van der Waals surface area (Å²) < 4.78 is 45.7. The Morgan fingerprint density at radius 2 is 1.61 bits per heavy atom. The molecule has 0 bridgehead atoms. The average molecular weight is 447 g/mol. The molecule has 2 aromatic rings. The highest BCUT2D eigenvalue weighted by molar-refractivity contribution is 7.89. The highest BCUT2D eigenvalue weighted by atomic mass is 32.2. The average Bonchev–Trinajstić information content (AvgIpc) is 3.35. The van der Waals surface area contributed by atoms with Crippen molar-refractivity contribution in [1.82, 2.24) is 9.62 Å². The van der Waals surface area contributed by atoms with E-state index >= 15 is 0 Å². The maximum absolute atomic E-state index is 13.4. The minimum atomic E-state index is -3.50. The molecule has 0 atom stereocenters. The van der Waals surface area contributed by atoms with Crippen LogP contribution in [0, 0.1) is 5.82 Å². The van der Waals surface area contributed by atoms with Crippen molar-refractivity contribution < 1.29 is 22.3 Å². The van der Waals surface area contributed by atoms with Gasteiger partial charge in [0.15, 0.2) is 0 Å². The van der Waals surface area contributed by atoms with E-state index in [0.29, 0.717) is 38.4 Å². The number of sulfonamides is 1. The van der Waals surface area contributed by atoms with E-state index in [2.05, 4.69) is 5.32 Å². The highest BCUT2D eigenvalue weighted by Gasteiger charge is 2.35. The van der Waals surface area contributed by atoms with E-state index in [9.17, 15) is 17.6 Å². The third-order valence-corrected chi connectivity index (χ3v) is 8.23. The molecule has 2 aliphatic rings. The lowest BCUT2D eigenvalue weighted by atomic mass is 9.74. The third-order valence-electron chi connectivity index (χ3n) is 6.31. The predicted octanol–water partition coefficient (Wildman–Crippen LogP) is 3.09. The Hall–Kier alpha value is -2.29. The van der Waals surface area contributed by atoms with Gasteiger partial charge in [0.2, 0.25) is 10.0 Å². The van der Waals surface area contributed by atoms with E-state index in [1.54, 1.807) is 24.3 Å². The maximum Gasteiger partial charge on any atom is 0.251 e. The first-order valence-corrected chi connectivity index (χ1v) is 12.1. The van der Waals surface area contributed by atoms with Crippen LogP contribution in [0.15, 0.2) is 53.4 Å². The lowest BCUT2D eigenvalue weighted by Gasteiger charge is -2.38. The normalized spacial score (nSPS) is 19.3. The first kappa shape index (κ1) is 21.9. The van der Waals surface area contributed by atoms with Gasteiger partial charge in [0.05, 0.1) is 4.90 Å². The molecular formula is C23H27FN2O4S. The molecule has 1 amide bonds. The monoisotopic (exact) mass is 446 g/mol. The van der Waals surface area contributed by atoms with E-state index in [-0.39, 0.29) is 22.0 Å². The second kappa shape index (κ2) is 9.06. The number of carbonyl (C=O) groups excluding carboxylic acids is 1. The van der Waals surface area contributed by atoms with Crippen LogP contribution in [0.25, 0.3) is 0 Å². The molecule has 2 saturated heterocycles. The van der Waals surface area contributed by atoms with Gasteiger partial charge in [-0.1, -0.05) is 12.1 Å². The molecule has 0 spiro atoms. The minimum absolute atomic E-state index is 0.207. The van der Waals surface area contributed by atoms with Gasteiger partial charge in [-0.15, -0.1) is 0 Å². The molecule has 31 heavy (non-hydrogen) atoms. The first-order valence-electron chi connectivity index (χ1n) is 10.6. The summed E-state index contributed by atoms with van der Waals surface area (Å²) in [5.41, 5.74) is 1.06. The van der Waals surface area contributed by atoms with Gasteiger partial charge in [-0.25, -0.2) is 12.8 Å². The van der Waals surface area contributed by atoms with Crippen LogP contribution in [0.1, 0.15) is 41.6 Å². The van der Waals surface area contributed by atoms with Crippen molar-refractivity contribution in [3.8, 4) is 0 Å². The van der Waals surface area contributed by atoms with E-state index < -0.39 is 10.0 Å². The zero-order chi connectivity index (χ0) is 21.9. The Morgan fingerprint density at radius 3 is 2.23 bits per heavy atom. The van der Waals surface area contributed by atoms with Crippen molar-refractivity contribution in [2.45, 2.75) is 36.0 Å². The zero-order valence-electron chi connectivity index (χ0n) is 17.3. The van der Waals surface area contributed by atoms with Crippen molar-refractivity contribution >= 4 is 15.9 Å². The summed E-state index contributed by atoms with van der Waals surface area (Å²) in [4.78, 5) is 13.0. The second-order valence-electron chi connectivity index (χ2n) is 8.22. The topological polar surface area (TPSA) is 75.7 Å². The number of halogens is 1. The molecule has 0 saturated carbocycles. The van der Waals surface area contributed by atoms with Gasteiger partial charge in [0, 0.05) is 43.8 Å². The smallest absolute Gasteiger partial charge is 0.251 e. The number of hydrogen-bond donors (Lipinski definition) is 1. The van der Waals surface area contributed by atoms with E-state index in [1.807, 2.05) is 0 Å². The molecule has 8 heteroatoms. The number of carbonyl (C=O) groups is 1. The Kier molecular flexibility index (Phi) is 6.41. The van der Waals surface area contributed by atoms with Crippen LogP contribution < -0.4 is 5.32 Å². The van der Waals surface area contributed by atoms with Crippen LogP contribution in [0.5, 0.6) is 0 Å². The molecule has 2 fully saturated rings. The van der Waals surface area contributed by atoms with Crippen molar-refractivity contribution in [1.29, 1.82) is 0 Å². The summed E-state index contributed by atoms with van der Waals surface area (Å²) in [6.07, 6.45) is 3.21. The molecule has 0 radical (unpaired) electrons. The standard InChI is InChI=1S/C23H27FN2O4S/c24-20-7-5-19(6-8-20)23(11-15-30-16-12-23)17-25-22(27)18-3-9-21(10-4-18)31(28,29)26-13-1-2-14-26/h3-10H,1-2,11-17H2,(H,25,27). The van der Waals surface area contributed by atoms with Gasteiger partial charge < -0.3 is 10.1 Å². The van der Waals surface area contributed by atoms with Crippen LogP contribution in [0.3, 0.4) is 0 Å². The molecule has 6 nitrogen and oxygen atoms in total. The molecule has 0 aromatic heterocycles. The van der Waals surface area contributed by atoms with Crippen molar-refractivity contribution in [3.63, 3.8) is 0 Å². The number of ether oxygens (including phenoxy) is 1. The summed E-state index contributed by atoms with van der Waals surface area (Å²) in [5.74, 6) is -0.558. The predicted molar refractivity (Wildman–Crippen MR) is 115 cm³/mol. The largest absolute Gasteiger partial charge is 0.381 e. The fourth-order valence-electron chi connectivity index (χ4n) is 4.34. The molecule has 2 heterocycles. The molecule has 1 N–H and O–H groups in total. The number of benzene rings is 2. The fraction of sp³-hybridized carbons (Fsp3) is 0.435. The summed E-state index contributed by atoms with van der Waals surface area (Å²) >= 11 is 0. The van der Waals surface area contributed by atoms with Gasteiger partial charge in [-0.05, 0) is 67.6 Å². The number of hydrogen-bond acceptors (Lipinski definition) is 4. The van der Waals surface area contributed by atoms with E-state index in [1.165, 1.54) is 28.6 Å². The Labute approximate surface area is 182 Å². The Bertz CT molecular complexity index is 1010. The first-order chi connectivity index (χ1) is 14.9. The van der Waals surface area contributed by atoms with Crippen molar-refractivity contribution in [3.05, 3.63) is 65.5 Å². The van der Waals surface area contributed by atoms with Crippen molar-refractivity contribution in [2.75, 3.05) is 32.8 Å². The van der Waals surface area contributed by atoms with Crippen LogP contribution in [0.4, 0.5) is 4.39 Å².